The van der Waals surface area contributed by atoms with E-state index in [2.05, 4.69) is 5.32 Å². The van der Waals surface area contributed by atoms with Crippen LogP contribution in [0.5, 0.6) is 5.75 Å². The Morgan fingerprint density at radius 3 is 2.47 bits per heavy atom. The molecule has 1 aromatic rings. The topological polar surface area (TPSA) is 56.8 Å². The van der Waals surface area contributed by atoms with Crippen molar-refractivity contribution in [2.45, 2.75) is 13.0 Å². The fourth-order valence-electron chi connectivity index (χ4n) is 1.57. The molecule has 0 unspecified atom stereocenters. The molecular formula is C14H21NO4. The quantitative estimate of drug-likeness (QED) is 0.726. The molecule has 0 aromatic heterocycles. The Morgan fingerprint density at radius 1 is 1.21 bits per heavy atom. The molecule has 5 nitrogen and oxygen atoms in total. The molecule has 0 fully saturated rings. The number of rotatable bonds is 8. The maximum atomic E-state index is 11.6. The first-order chi connectivity index (χ1) is 9.17. The first-order valence-corrected chi connectivity index (χ1v) is 6.17. The van der Waals surface area contributed by atoms with Crippen LogP contribution in [0.3, 0.4) is 0 Å². The summed E-state index contributed by atoms with van der Waals surface area (Å²) in [7, 11) is 3.22. The molecule has 1 rings (SSSR count). The SMILES string of the molecule is COCCOCC(=O)N[C@@H](C)c1ccc(OC)cc1. The molecule has 5 heteroatoms. The monoisotopic (exact) mass is 267 g/mol. The van der Waals surface area contributed by atoms with Gasteiger partial charge in [-0.15, -0.1) is 0 Å². The highest BCUT2D eigenvalue weighted by Crippen LogP contribution is 2.16. The molecule has 0 saturated carbocycles. The van der Waals surface area contributed by atoms with Crippen molar-refractivity contribution in [3.05, 3.63) is 29.8 Å². The van der Waals surface area contributed by atoms with Gasteiger partial charge in [0.25, 0.3) is 0 Å². The van der Waals surface area contributed by atoms with Gasteiger partial charge < -0.3 is 19.5 Å². The second-order valence-electron chi connectivity index (χ2n) is 4.11. The molecule has 1 N–H and O–H groups in total. The van der Waals surface area contributed by atoms with Gasteiger partial charge in [0.15, 0.2) is 0 Å². The van der Waals surface area contributed by atoms with E-state index in [0.717, 1.165) is 11.3 Å². The Balaban J connectivity index is 2.36. The smallest absolute Gasteiger partial charge is 0.246 e. The van der Waals surface area contributed by atoms with Crippen molar-refractivity contribution in [2.24, 2.45) is 0 Å². The minimum absolute atomic E-state index is 0.0455. The lowest BCUT2D eigenvalue weighted by molar-refractivity contribution is -0.126. The molecular weight excluding hydrogens is 246 g/mol. The third kappa shape index (κ3) is 5.72. The van der Waals surface area contributed by atoms with Crippen molar-refractivity contribution in [1.29, 1.82) is 0 Å². The summed E-state index contributed by atoms with van der Waals surface area (Å²) >= 11 is 0. The van der Waals surface area contributed by atoms with Gasteiger partial charge in [-0.1, -0.05) is 12.1 Å². The normalized spacial score (nSPS) is 11.9. The molecule has 19 heavy (non-hydrogen) atoms. The van der Waals surface area contributed by atoms with Gasteiger partial charge >= 0.3 is 0 Å². The van der Waals surface area contributed by atoms with Gasteiger partial charge in [-0.05, 0) is 24.6 Å². The summed E-state index contributed by atoms with van der Waals surface area (Å²) in [4.78, 5) is 11.6. The molecule has 0 aliphatic rings. The average molecular weight is 267 g/mol. The first-order valence-electron chi connectivity index (χ1n) is 6.17. The van der Waals surface area contributed by atoms with Crippen LogP contribution in [0.4, 0.5) is 0 Å². The van der Waals surface area contributed by atoms with Crippen LogP contribution in [0.1, 0.15) is 18.5 Å². The van der Waals surface area contributed by atoms with Crippen molar-refractivity contribution in [3.8, 4) is 5.75 Å². The molecule has 0 saturated heterocycles. The third-order valence-corrected chi connectivity index (χ3v) is 2.66. The van der Waals surface area contributed by atoms with E-state index in [-0.39, 0.29) is 18.6 Å². The van der Waals surface area contributed by atoms with Gasteiger partial charge in [0, 0.05) is 7.11 Å². The van der Waals surface area contributed by atoms with E-state index in [4.69, 9.17) is 14.2 Å². The second kappa shape index (κ2) is 8.50. The van der Waals surface area contributed by atoms with Crippen molar-refractivity contribution in [1.82, 2.24) is 5.32 Å². The molecule has 106 valence electrons. The predicted octanol–water partition coefficient (Wildman–Crippen LogP) is 1.54. The molecule has 0 radical (unpaired) electrons. The van der Waals surface area contributed by atoms with E-state index in [1.165, 1.54) is 0 Å². The van der Waals surface area contributed by atoms with Gasteiger partial charge in [-0.25, -0.2) is 0 Å². The molecule has 1 atom stereocenters. The van der Waals surface area contributed by atoms with Gasteiger partial charge in [0.05, 0.1) is 26.4 Å². The van der Waals surface area contributed by atoms with Crippen LogP contribution in [-0.2, 0) is 14.3 Å². The number of benzene rings is 1. The third-order valence-electron chi connectivity index (χ3n) is 2.66. The summed E-state index contributed by atoms with van der Waals surface area (Å²) < 4.78 is 15.1. The number of carbonyl (C=O) groups excluding carboxylic acids is 1. The Kier molecular flexibility index (Phi) is 6.92. The van der Waals surface area contributed by atoms with Crippen molar-refractivity contribution in [2.75, 3.05) is 34.0 Å². The van der Waals surface area contributed by atoms with Crippen LogP contribution in [0.25, 0.3) is 0 Å². The van der Waals surface area contributed by atoms with Crippen LogP contribution in [-0.4, -0.2) is 39.9 Å². The van der Waals surface area contributed by atoms with Crippen LogP contribution < -0.4 is 10.1 Å². The van der Waals surface area contributed by atoms with Gasteiger partial charge in [-0.2, -0.15) is 0 Å². The zero-order chi connectivity index (χ0) is 14.1. The van der Waals surface area contributed by atoms with Crippen molar-refractivity contribution >= 4 is 5.91 Å². The van der Waals surface area contributed by atoms with E-state index in [1.54, 1.807) is 14.2 Å². The largest absolute Gasteiger partial charge is 0.497 e. The van der Waals surface area contributed by atoms with Crippen LogP contribution in [0.15, 0.2) is 24.3 Å². The molecule has 1 amide bonds. The summed E-state index contributed by atoms with van der Waals surface area (Å²) in [5, 5.41) is 2.86. The summed E-state index contributed by atoms with van der Waals surface area (Å²) in [6.45, 7) is 2.88. The fraction of sp³-hybridized carbons (Fsp3) is 0.500. The van der Waals surface area contributed by atoms with E-state index in [0.29, 0.717) is 13.2 Å². The number of methoxy groups -OCH3 is 2. The average Bonchev–Trinajstić information content (AvgIpc) is 2.43. The lowest BCUT2D eigenvalue weighted by Crippen LogP contribution is -2.30. The predicted molar refractivity (Wildman–Crippen MR) is 72.2 cm³/mol. The minimum Gasteiger partial charge on any atom is -0.497 e. The molecule has 0 aliphatic heterocycles. The summed E-state index contributed by atoms with van der Waals surface area (Å²) in [6, 6.07) is 7.52. The van der Waals surface area contributed by atoms with E-state index < -0.39 is 0 Å². The fourth-order valence-corrected chi connectivity index (χ4v) is 1.57. The maximum Gasteiger partial charge on any atom is 0.246 e. The highest BCUT2D eigenvalue weighted by atomic mass is 16.5. The van der Waals surface area contributed by atoms with Gasteiger partial charge in [-0.3, -0.25) is 4.79 Å². The zero-order valence-electron chi connectivity index (χ0n) is 11.6. The van der Waals surface area contributed by atoms with Gasteiger partial charge in [0.2, 0.25) is 5.91 Å². The molecule has 0 spiro atoms. The Bertz CT molecular complexity index is 378. The second-order valence-corrected chi connectivity index (χ2v) is 4.11. The lowest BCUT2D eigenvalue weighted by Gasteiger charge is -2.14. The summed E-state index contributed by atoms with van der Waals surface area (Å²) in [6.07, 6.45) is 0. The minimum atomic E-state index is -0.139. The zero-order valence-corrected chi connectivity index (χ0v) is 11.6. The molecule has 1 aromatic carbocycles. The molecule has 0 aliphatic carbocycles. The number of nitrogens with one attached hydrogen (secondary N) is 1. The summed E-state index contributed by atoms with van der Waals surface area (Å²) in [5.41, 5.74) is 1.02. The highest BCUT2D eigenvalue weighted by molar-refractivity contribution is 5.77. The number of hydrogen-bond donors (Lipinski definition) is 1. The van der Waals surface area contributed by atoms with Crippen LogP contribution in [0, 0.1) is 0 Å². The lowest BCUT2D eigenvalue weighted by atomic mass is 10.1. The Labute approximate surface area is 113 Å². The van der Waals surface area contributed by atoms with E-state index in [1.807, 2.05) is 31.2 Å². The van der Waals surface area contributed by atoms with E-state index >= 15 is 0 Å². The standard InChI is InChI=1S/C14H21NO4/c1-11(12-4-6-13(18-3)7-5-12)15-14(16)10-19-9-8-17-2/h4-7,11H,8-10H2,1-3H3,(H,15,16)/t11-/m0/s1. The Morgan fingerprint density at radius 2 is 1.89 bits per heavy atom. The number of amides is 1. The molecule has 0 bridgehead atoms. The number of ether oxygens (including phenoxy) is 3. The van der Waals surface area contributed by atoms with E-state index in [9.17, 15) is 4.79 Å². The molecule has 0 heterocycles. The van der Waals surface area contributed by atoms with Crippen molar-refractivity contribution in [3.63, 3.8) is 0 Å². The summed E-state index contributed by atoms with van der Waals surface area (Å²) in [5.74, 6) is 0.657. The highest BCUT2D eigenvalue weighted by Gasteiger charge is 2.09. The Hall–Kier alpha value is -1.59. The number of carbonyl (C=O) groups is 1. The maximum absolute atomic E-state index is 11.6. The van der Waals surface area contributed by atoms with Crippen LogP contribution >= 0.6 is 0 Å². The number of hydrogen-bond acceptors (Lipinski definition) is 4. The van der Waals surface area contributed by atoms with Gasteiger partial charge in [0.1, 0.15) is 12.4 Å². The van der Waals surface area contributed by atoms with Crippen molar-refractivity contribution < 1.29 is 19.0 Å². The van der Waals surface area contributed by atoms with Crippen LogP contribution in [0.2, 0.25) is 0 Å². The first kappa shape index (κ1) is 15.5.